The average molecular weight is 339 g/mol. The van der Waals surface area contributed by atoms with Crippen molar-refractivity contribution in [3.63, 3.8) is 0 Å². The molecule has 1 aliphatic rings. The molecular formula is C20H25N3O2. The maximum atomic E-state index is 12.7. The summed E-state index contributed by atoms with van der Waals surface area (Å²) in [5.41, 5.74) is 2.07. The molecule has 1 aliphatic heterocycles. The van der Waals surface area contributed by atoms with Crippen LogP contribution in [0.25, 0.3) is 0 Å². The molecule has 1 fully saturated rings. The highest BCUT2D eigenvalue weighted by Crippen LogP contribution is 2.20. The summed E-state index contributed by atoms with van der Waals surface area (Å²) < 4.78 is 0. The number of hydrogen-bond acceptors (Lipinski definition) is 4. The van der Waals surface area contributed by atoms with Crippen LogP contribution < -0.4 is 9.80 Å². The standard InChI is InChI=1S/C20H25N3O2/c1-2-23(18-6-4-3-5-7-18)20(25)16-21-12-14-22(15-13-21)17-8-10-19(24)11-9-17/h3-11,24H,2,12-16H2,1H3. The maximum absolute atomic E-state index is 12.7. The van der Waals surface area contributed by atoms with Gasteiger partial charge in [0.15, 0.2) is 0 Å². The Morgan fingerprint density at radius 2 is 1.64 bits per heavy atom. The van der Waals surface area contributed by atoms with Gasteiger partial charge in [-0.25, -0.2) is 0 Å². The van der Waals surface area contributed by atoms with E-state index in [9.17, 15) is 9.90 Å². The molecule has 132 valence electrons. The second-order valence-electron chi connectivity index (χ2n) is 6.25. The van der Waals surface area contributed by atoms with Gasteiger partial charge in [0.1, 0.15) is 5.75 Å². The Bertz CT molecular complexity index is 680. The molecule has 1 amide bonds. The summed E-state index contributed by atoms with van der Waals surface area (Å²) in [5, 5.41) is 9.40. The van der Waals surface area contributed by atoms with Gasteiger partial charge in [-0.2, -0.15) is 0 Å². The Morgan fingerprint density at radius 3 is 2.24 bits per heavy atom. The molecule has 3 rings (SSSR count). The van der Waals surface area contributed by atoms with Crippen molar-refractivity contribution in [2.75, 3.05) is 49.1 Å². The molecule has 5 nitrogen and oxygen atoms in total. The zero-order valence-corrected chi connectivity index (χ0v) is 14.6. The van der Waals surface area contributed by atoms with Crippen molar-refractivity contribution in [2.24, 2.45) is 0 Å². The third kappa shape index (κ3) is 4.31. The van der Waals surface area contributed by atoms with Gasteiger partial charge in [0, 0.05) is 44.1 Å². The van der Waals surface area contributed by atoms with Crippen molar-refractivity contribution in [3.05, 3.63) is 54.6 Å². The molecule has 0 unspecified atom stereocenters. The first-order valence-electron chi connectivity index (χ1n) is 8.79. The summed E-state index contributed by atoms with van der Waals surface area (Å²) in [6, 6.07) is 17.1. The molecule has 5 heteroatoms. The summed E-state index contributed by atoms with van der Waals surface area (Å²) in [5.74, 6) is 0.431. The van der Waals surface area contributed by atoms with Crippen molar-refractivity contribution >= 4 is 17.3 Å². The first-order chi connectivity index (χ1) is 12.2. The monoisotopic (exact) mass is 339 g/mol. The van der Waals surface area contributed by atoms with E-state index in [1.54, 1.807) is 12.1 Å². The van der Waals surface area contributed by atoms with Crippen LogP contribution in [0.4, 0.5) is 11.4 Å². The summed E-state index contributed by atoms with van der Waals surface area (Å²) in [6.45, 7) is 6.62. The van der Waals surface area contributed by atoms with Gasteiger partial charge in [0.25, 0.3) is 0 Å². The van der Waals surface area contributed by atoms with Crippen molar-refractivity contribution in [3.8, 4) is 5.75 Å². The van der Waals surface area contributed by atoms with Gasteiger partial charge >= 0.3 is 0 Å². The van der Waals surface area contributed by atoms with Crippen molar-refractivity contribution < 1.29 is 9.90 Å². The quantitative estimate of drug-likeness (QED) is 0.909. The number of phenolic OH excluding ortho intramolecular Hbond substituents is 1. The molecule has 1 heterocycles. The number of anilines is 2. The van der Waals surface area contributed by atoms with Crippen molar-refractivity contribution in [1.29, 1.82) is 0 Å². The number of phenols is 1. The number of nitrogens with zero attached hydrogens (tertiary/aromatic N) is 3. The minimum absolute atomic E-state index is 0.145. The first kappa shape index (κ1) is 17.3. The van der Waals surface area contributed by atoms with Crippen LogP contribution >= 0.6 is 0 Å². The van der Waals surface area contributed by atoms with Gasteiger partial charge in [-0.15, -0.1) is 0 Å². The molecule has 0 aromatic heterocycles. The van der Waals surface area contributed by atoms with Crippen LogP contribution in [0.3, 0.4) is 0 Å². The lowest BCUT2D eigenvalue weighted by atomic mass is 10.2. The number of carbonyl (C=O) groups excluding carboxylic acids is 1. The number of amides is 1. The van der Waals surface area contributed by atoms with Crippen molar-refractivity contribution in [1.82, 2.24) is 4.90 Å². The lowest BCUT2D eigenvalue weighted by molar-refractivity contribution is -0.119. The highest BCUT2D eigenvalue weighted by atomic mass is 16.3. The van der Waals surface area contributed by atoms with E-state index in [1.165, 1.54) is 0 Å². The molecule has 0 spiro atoms. The summed E-state index contributed by atoms with van der Waals surface area (Å²) in [6.07, 6.45) is 0. The number of aromatic hydroxyl groups is 1. The van der Waals surface area contributed by atoms with Gasteiger partial charge in [0.05, 0.1) is 6.54 Å². The van der Waals surface area contributed by atoms with E-state index in [0.29, 0.717) is 13.1 Å². The van der Waals surface area contributed by atoms with Gasteiger partial charge in [-0.05, 0) is 43.3 Å². The van der Waals surface area contributed by atoms with E-state index in [1.807, 2.05) is 54.3 Å². The molecule has 2 aromatic carbocycles. The second-order valence-corrected chi connectivity index (χ2v) is 6.25. The third-order valence-corrected chi connectivity index (χ3v) is 4.63. The van der Waals surface area contributed by atoms with Gasteiger partial charge in [-0.3, -0.25) is 9.69 Å². The first-order valence-corrected chi connectivity index (χ1v) is 8.79. The fourth-order valence-electron chi connectivity index (χ4n) is 3.22. The minimum Gasteiger partial charge on any atom is -0.508 e. The summed E-state index contributed by atoms with van der Waals surface area (Å²) >= 11 is 0. The van der Waals surface area contributed by atoms with E-state index in [4.69, 9.17) is 0 Å². The molecule has 0 atom stereocenters. The number of para-hydroxylation sites is 1. The number of hydrogen-bond donors (Lipinski definition) is 1. The van der Waals surface area contributed by atoms with E-state index in [2.05, 4.69) is 9.80 Å². The molecule has 0 aliphatic carbocycles. The third-order valence-electron chi connectivity index (χ3n) is 4.63. The van der Waals surface area contributed by atoms with Crippen LogP contribution in [0.2, 0.25) is 0 Å². The van der Waals surface area contributed by atoms with Gasteiger partial charge in [0.2, 0.25) is 5.91 Å². The minimum atomic E-state index is 0.145. The lowest BCUT2D eigenvalue weighted by Crippen LogP contribution is -2.50. The predicted molar refractivity (Wildman–Crippen MR) is 101 cm³/mol. The molecule has 1 N–H and O–H groups in total. The fraction of sp³-hybridized carbons (Fsp3) is 0.350. The Labute approximate surface area is 149 Å². The Morgan fingerprint density at radius 1 is 1.00 bits per heavy atom. The average Bonchev–Trinajstić information content (AvgIpc) is 2.65. The van der Waals surface area contributed by atoms with Crippen LogP contribution in [-0.2, 0) is 4.79 Å². The SMILES string of the molecule is CCN(C(=O)CN1CCN(c2ccc(O)cc2)CC1)c1ccccc1. The fourth-order valence-corrected chi connectivity index (χ4v) is 3.22. The topological polar surface area (TPSA) is 47.0 Å². The van der Waals surface area contributed by atoms with E-state index in [-0.39, 0.29) is 11.7 Å². The maximum Gasteiger partial charge on any atom is 0.241 e. The zero-order chi connectivity index (χ0) is 17.6. The molecule has 25 heavy (non-hydrogen) atoms. The van der Waals surface area contributed by atoms with Crippen LogP contribution in [0, 0.1) is 0 Å². The van der Waals surface area contributed by atoms with Crippen LogP contribution in [0.5, 0.6) is 5.75 Å². The number of carbonyl (C=O) groups is 1. The molecule has 0 radical (unpaired) electrons. The number of piperazine rings is 1. The summed E-state index contributed by atoms with van der Waals surface area (Å²) in [7, 11) is 0. The molecule has 1 saturated heterocycles. The molecule has 2 aromatic rings. The molecule has 0 bridgehead atoms. The Kier molecular flexibility index (Phi) is 5.56. The predicted octanol–water partition coefficient (Wildman–Crippen LogP) is 2.57. The largest absolute Gasteiger partial charge is 0.508 e. The zero-order valence-electron chi connectivity index (χ0n) is 14.6. The number of benzene rings is 2. The van der Waals surface area contributed by atoms with Crippen LogP contribution in [0.1, 0.15) is 6.92 Å². The summed E-state index contributed by atoms with van der Waals surface area (Å²) in [4.78, 5) is 19.0. The van der Waals surface area contributed by atoms with E-state index < -0.39 is 0 Å². The second kappa shape index (κ2) is 8.03. The Hall–Kier alpha value is -2.53. The number of rotatable bonds is 5. The van der Waals surface area contributed by atoms with Crippen molar-refractivity contribution in [2.45, 2.75) is 6.92 Å². The highest BCUT2D eigenvalue weighted by Gasteiger charge is 2.22. The Balaban J connectivity index is 1.54. The number of likely N-dealkylation sites (N-methyl/N-ethyl adjacent to an activating group) is 1. The lowest BCUT2D eigenvalue weighted by Gasteiger charge is -2.36. The van der Waals surface area contributed by atoms with E-state index in [0.717, 1.165) is 37.6 Å². The van der Waals surface area contributed by atoms with Gasteiger partial charge < -0.3 is 14.9 Å². The van der Waals surface area contributed by atoms with Crippen LogP contribution in [0.15, 0.2) is 54.6 Å². The smallest absolute Gasteiger partial charge is 0.241 e. The molecule has 0 saturated carbocycles. The van der Waals surface area contributed by atoms with E-state index >= 15 is 0 Å². The van der Waals surface area contributed by atoms with Gasteiger partial charge in [-0.1, -0.05) is 18.2 Å². The normalized spacial score (nSPS) is 15.2. The van der Waals surface area contributed by atoms with Crippen LogP contribution in [-0.4, -0.2) is 55.2 Å². The highest BCUT2D eigenvalue weighted by molar-refractivity contribution is 5.94. The molecular weight excluding hydrogens is 314 g/mol.